The predicted molar refractivity (Wildman–Crippen MR) is 77.8 cm³/mol. The van der Waals surface area contributed by atoms with Crippen molar-refractivity contribution in [3.8, 4) is 0 Å². The van der Waals surface area contributed by atoms with Crippen LogP contribution in [0.4, 0.5) is 0 Å². The maximum absolute atomic E-state index is 12.2. The van der Waals surface area contributed by atoms with Crippen molar-refractivity contribution in [2.24, 2.45) is 11.8 Å². The fourth-order valence-electron chi connectivity index (χ4n) is 2.43. The number of ketones is 1. The average Bonchev–Trinajstić information content (AvgIpc) is 2.39. The molecule has 0 aromatic heterocycles. The Morgan fingerprint density at radius 3 is 2.28 bits per heavy atom. The van der Waals surface area contributed by atoms with Crippen LogP contribution in [0.3, 0.4) is 0 Å². The first-order chi connectivity index (χ1) is 8.69. The number of carbonyl (C=O) groups is 1. The van der Waals surface area contributed by atoms with Crippen LogP contribution in [0.2, 0.25) is 0 Å². The summed E-state index contributed by atoms with van der Waals surface area (Å²) < 4.78 is 5.18. The molecule has 0 radical (unpaired) electrons. The topological polar surface area (TPSA) is 26.3 Å². The van der Waals surface area contributed by atoms with Gasteiger partial charge in [-0.05, 0) is 25.2 Å². The van der Waals surface area contributed by atoms with Crippen molar-refractivity contribution < 1.29 is 9.53 Å². The Morgan fingerprint density at radius 2 is 1.78 bits per heavy atom. The van der Waals surface area contributed by atoms with E-state index in [0.717, 1.165) is 38.7 Å². The van der Waals surface area contributed by atoms with E-state index < -0.39 is 0 Å². The Hall–Kier alpha value is -0.370. The number of carbonyl (C=O) groups excluding carboxylic acids is 1. The zero-order chi connectivity index (χ0) is 13.8. The van der Waals surface area contributed by atoms with E-state index in [-0.39, 0.29) is 0 Å². The standard InChI is InChI=1S/C16H32O2/c1-5-8-9-10-15(7-3)16(17)12-11-14(6-2)13-18-4/h14-15H,5-13H2,1-4H3. The Labute approximate surface area is 113 Å². The fourth-order valence-corrected chi connectivity index (χ4v) is 2.43. The van der Waals surface area contributed by atoms with E-state index in [0.29, 0.717) is 17.6 Å². The van der Waals surface area contributed by atoms with Crippen LogP contribution in [0.1, 0.15) is 72.1 Å². The first-order valence-corrected chi connectivity index (χ1v) is 7.71. The molecular formula is C16H32O2. The van der Waals surface area contributed by atoms with Crippen LogP contribution in [0, 0.1) is 11.8 Å². The number of Topliss-reactive ketones (excluding diaryl/α,β-unsaturated/α-hetero) is 1. The fraction of sp³-hybridized carbons (Fsp3) is 0.938. The van der Waals surface area contributed by atoms with Crippen LogP contribution in [-0.2, 0) is 9.53 Å². The summed E-state index contributed by atoms with van der Waals surface area (Å²) in [6.45, 7) is 7.31. The van der Waals surface area contributed by atoms with E-state index in [1.807, 2.05) is 0 Å². The molecule has 0 fully saturated rings. The van der Waals surface area contributed by atoms with Gasteiger partial charge in [-0.15, -0.1) is 0 Å². The van der Waals surface area contributed by atoms with E-state index in [1.165, 1.54) is 19.3 Å². The summed E-state index contributed by atoms with van der Waals surface area (Å²) in [4.78, 5) is 12.2. The maximum atomic E-state index is 12.2. The monoisotopic (exact) mass is 256 g/mol. The normalized spacial score (nSPS) is 14.4. The van der Waals surface area contributed by atoms with Gasteiger partial charge in [0.15, 0.2) is 0 Å². The number of ether oxygens (including phenoxy) is 1. The molecule has 2 unspecified atom stereocenters. The van der Waals surface area contributed by atoms with Gasteiger partial charge >= 0.3 is 0 Å². The Morgan fingerprint density at radius 1 is 1.06 bits per heavy atom. The summed E-state index contributed by atoms with van der Waals surface area (Å²) in [5, 5.41) is 0. The van der Waals surface area contributed by atoms with Crippen molar-refractivity contribution in [3.05, 3.63) is 0 Å². The lowest BCUT2D eigenvalue weighted by Crippen LogP contribution is -2.16. The van der Waals surface area contributed by atoms with Gasteiger partial charge < -0.3 is 4.74 Å². The van der Waals surface area contributed by atoms with Crippen LogP contribution in [0.25, 0.3) is 0 Å². The molecule has 0 saturated carbocycles. The van der Waals surface area contributed by atoms with Crippen LogP contribution in [0.5, 0.6) is 0 Å². The number of unbranched alkanes of at least 4 members (excludes halogenated alkanes) is 2. The van der Waals surface area contributed by atoms with Crippen molar-refractivity contribution in [1.82, 2.24) is 0 Å². The van der Waals surface area contributed by atoms with E-state index in [1.54, 1.807) is 7.11 Å². The second kappa shape index (κ2) is 11.7. The molecular weight excluding hydrogens is 224 g/mol. The summed E-state index contributed by atoms with van der Waals surface area (Å²) in [5.41, 5.74) is 0. The summed E-state index contributed by atoms with van der Waals surface area (Å²) in [6.07, 6.45) is 8.62. The predicted octanol–water partition coefficient (Wildman–Crippen LogP) is 4.61. The van der Waals surface area contributed by atoms with Crippen molar-refractivity contribution in [3.63, 3.8) is 0 Å². The number of rotatable bonds is 12. The second-order valence-corrected chi connectivity index (χ2v) is 5.34. The molecule has 0 amide bonds. The van der Waals surface area contributed by atoms with E-state index in [9.17, 15) is 4.79 Å². The highest BCUT2D eigenvalue weighted by Gasteiger charge is 2.17. The largest absolute Gasteiger partial charge is 0.384 e. The molecule has 0 aliphatic rings. The molecule has 0 spiro atoms. The third kappa shape index (κ3) is 7.86. The van der Waals surface area contributed by atoms with Crippen LogP contribution in [0.15, 0.2) is 0 Å². The highest BCUT2D eigenvalue weighted by atomic mass is 16.5. The Kier molecular flexibility index (Phi) is 11.5. The molecule has 0 heterocycles. The van der Waals surface area contributed by atoms with Gasteiger partial charge in [0.05, 0.1) is 0 Å². The lowest BCUT2D eigenvalue weighted by Gasteiger charge is -2.16. The first kappa shape index (κ1) is 17.6. The minimum absolute atomic E-state index is 0.302. The molecule has 2 heteroatoms. The molecule has 0 rings (SSSR count). The maximum Gasteiger partial charge on any atom is 0.135 e. The van der Waals surface area contributed by atoms with Gasteiger partial charge in [-0.3, -0.25) is 4.79 Å². The molecule has 2 atom stereocenters. The number of methoxy groups -OCH3 is 1. The molecule has 2 nitrogen and oxygen atoms in total. The molecule has 0 aliphatic heterocycles. The van der Waals surface area contributed by atoms with Gasteiger partial charge in [0.25, 0.3) is 0 Å². The minimum Gasteiger partial charge on any atom is -0.384 e. The van der Waals surface area contributed by atoms with Gasteiger partial charge in [0, 0.05) is 26.1 Å². The van der Waals surface area contributed by atoms with Crippen LogP contribution >= 0.6 is 0 Å². The summed E-state index contributed by atoms with van der Waals surface area (Å²) in [5.74, 6) is 1.33. The Bertz CT molecular complexity index is 201. The molecule has 0 saturated heterocycles. The third-order valence-electron chi connectivity index (χ3n) is 3.88. The number of hydrogen-bond donors (Lipinski definition) is 0. The summed E-state index contributed by atoms with van der Waals surface area (Å²) >= 11 is 0. The zero-order valence-electron chi connectivity index (χ0n) is 12.8. The average molecular weight is 256 g/mol. The molecule has 0 aliphatic carbocycles. The molecule has 0 N–H and O–H groups in total. The van der Waals surface area contributed by atoms with Gasteiger partial charge in [0.1, 0.15) is 5.78 Å². The Balaban J connectivity index is 3.94. The summed E-state index contributed by atoms with van der Waals surface area (Å²) in [6, 6.07) is 0. The SMILES string of the molecule is CCCCCC(CC)C(=O)CCC(CC)COC. The van der Waals surface area contributed by atoms with Crippen molar-refractivity contribution >= 4 is 5.78 Å². The molecule has 0 aromatic carbocycles. The van der Waals surface area contributed by atoms with Crippen molar-refractivity contribution in [2.45, 2.75) is 72.1 Å². The minimum atomic E-state index is 0.302. The van der Waals surface area contributed by atoms with E-state index in [2.05, 4.69) is 20.8 Å². The van der Waals surface area contributed by atoms with Crippen molar-refractivity contribution in [2.75, 3.05) is 13.7 Å². The molecule has 0 aromatic rings. The van der Waals surface area contributed by atoms with Crippen molar-refractivity contribution in [1.29, 1.82) is 0 Å². The zero-order valence-corrected chi connectivity index (χ0v) is 12.8. The smallest absolute Gasteiger partial charge is 0.135 e. The van der Waals surface area contributed by atoms with Crippen LogP contribution in [-0.4, -0.2) is 19.5 Å². The highest BCUT2D eigenvalue weighted by molar-refractivity contribution is 5.80. The quantitative estimate of drug-likeness (QED) is 0.476. The van der Waals surface area contributed by atoms with Gasteiger partial charge in [-0.25, -0.2) is 0 Å². The van der Waals surface area contributed by atoms with Gasteiger partial charge in [-0.1, -0.05) is 46.5 Å². The third-order valence-corrected chi connectivity index (χ3v) is 3.88. The van der Waals surface area contributed by atoms with Crippen LogP contribution < -0.4 is 0 Å². The molecule has 18 heavy (non-hydrogen) atoms. The van der Waals surface area contributed by atoms with Gasteiger partial charge in [-0.2, -0.15) is 0 Å². The molecule has 108 valence electrons. The van der Waals surface area contributed by atoms with E-state index >= 15 is 0 Å². The van der Waals surface area contributed by atoms with E-state index in [4.69, 9.17) is 4.74 Å². The number of hydrogen-bond acceptors (Lipinski definition) is 2. The molecule has 0 bridgehead atoms. The summed E-state index contributed by atoms with van der Waals surface area (Å²) in [7, 11) is 1.74. The highest BCUT2D eigenvalue weighted by Crippen LogP contribution is 2.19. The van der Waals surface area contributed by atoms with Gasteiger partial charge in [0.2, 0.25) is 0 Å². The second-order valence-electron chi connectivity index (χ2n) is 5.34. The lowest BCUT2D eigenvalue weighted by atomic mass is 9.89. The first-order valence-electron chi connectivity index (χ1n) is 7.71. The lowest BCUT2D eigenvalue weighted by molar-refractivity contribution is -0.123.